The number of aryl methyl sites for hydroxylation is 2. The third-order valence-corrected chi connectivity index (χ3v) is 3.19. The van der Waals surface area contributed by atoms with E-state index in [1.165, 1.54) is 0 Å². The number of aliphatic carboxylic acids is 1. The van der Waals surface area contributed by atoms with Crippen LogP contribution < -0.4 is 0 Å². The van der Waals surface area contributed by atoms with Gasteiger partial charge in [0.05, 0.1) is 5.41 Å². The molecule has 1 aliphatic rings. The van der Waals surface area contributed by atoms with Crippen molar-refractivity contribution < 1.29 is 9.90 Å². The summed E-state index contributed by atoms with van der Waals surface area (Å²) in [6.45, 7) is 4.67. The van der Waals surface area contributed by atoms with Gasteiger partial charge in [0.1, 0.15) is 0 Å². The molecule has 1 aromatic rings. The molecular formula is C11H15NO2. The maximum atomic E-state index is 11.0. The van der Waals surface area contributed by atoms with Crippen molar-refractivity contribution in [3.05, 3.63) is 23.5 Å². The van der Waals surface area contributed by atoms with Gasteiger partial charge in [-0.05, 0) is 38.8 Å². The molecule has 0 unspecified atom stereocenters. The minimum atomic E-state index is -0.648. The van der Waals surface area contributed by atoms with Crippen LogP contribution in [0, 0.1) is 19.3 Å². The predicted octanol–water partition coefficient (Wildman–Crippen LogP) is 1.97. The molecule has 0 bridgehead atoms. The Bertz CT molecular complexity index is 355. The number of carboxylic acids is 1. The summed E-state index contributed by atoms with van der Waals surface area (Å²) in [6.07, 6.45) is 1.64. The van der Waals surface area contributed by atoms with Gasteiger partial charge in [-0.2, -0.15) is 0 Å². The van der Waals surface area contributed by atoms with Gasteiger partial charge >= 0.3 is 5.97 Å². The van der Waals surface area contributed by atoms with E-state index in [2.05, 4.69) is 4.57 Å². The van der Waals surface area contributed by atoms with E-state index in [1.54, 1.807) is 0 Å². The van der Waals surface area contributed by atoms with E-state index in [0.717, 1.165) is 24.2 Å². The van der Waals surface area contributed by atoms with Gasteiger partial charge in [0.15, 0.2) is 0 Å². The van der Waals surface area contributed by atoms with E-state index in [-0.39, 0.29) is 0 Å². The van der Waals surface area contributed by atoms with Crippen molar-refractivity contribution in [1.29, 1.82) is 0 Å². The van der Waals surface area contributed by atoms with Crippen molar-refractivity contribution >= 4 is 5.97 Å². The molecule has 1 N–H and O–H groups in total. The summed E-state index contributed by atoms with van der Waals surface area (Å²) in [6, 6.07) is 4.07. The van der Waals surface area contributed by atoms with Crippen molar-refractivity contribution in [3.63, 3.8) is 0 Å². The highest BCUT2D eigenvalue weighted by Crippen LogP contribution is 2.47. The van der Waals surface area contributed by atoms with Gasteiger partial charge in [-0.1, -0.05) is 0 Å². The Morgan fingerprint density at radius 3 is 2.29 bits per heavy atom. The van der Waals surface area contributed by atoms with E-state index in [4.69, 9.17) is 5.11 Å². The smallest absolute Gasteiger partial charge is 0.311 e. The first-order valence-corrected chi connectivity index (χ1v) is 4.91. The van der Waals surface area contributed by atoms with Crippen molar-refractivity contribution in [1.82, 2.24) is 4.57 Å². The summed E-state index contributed by atoms with van der Waals surface area (Å²) in [5.74, 6) is -0.648. The normalized spacial score (nSPS) is 18.1. The number of rotatable bonds is 3. The highest BCUT2D eigenvalue weighted by atomic mass is 16.4. The van der Waals surface area contributed by atoms with Gasteiger partial charge in [-0.15, -0.1) is 0 Å². The van der Waals surface area contributed by atoms with Crippen molar-refractivity contribution in [2.75, 3.05) is 0 Å². The second-order valence-electron chi connectivity index (χ2n) is 4.29. The van der Waals surface area contributed by atoms with Crippen molar-refractivity contribution in [2.24, 2.45) is 5.41 Å². The molecule has 0 aliphatic heterocycles. The molecule has 1 aliphatic carbocycles. The van der Waals surface area contributed by atoms with Crippen LogP contribution in [0.3, 0.4) is 0 Å². The maximum absolute atomic E-state index is 11.0. The lowest BCUT2D eigenvalue weighted by molar-refractivity contribution is -0.143. The van der Waals surface area contributed by atoms with Crippen LogP contribution in [0.25, 0.3) is 0 Å². The van der Waals surface area contributed by atoms with E-state index in [0.29, 0.717) is 6.54 Å². The molecule has 0 spiro atoms. The Hall–Kier alpha value is -1.25. The van der Waals surface area contributed by atoms with Gasteiger partial charge in [0, 0.05) is 17.9 Å². The summed E-state index contributed by atoms with van der Waals surface area (Å²) in [4.78, 5) is 11.0. The van der Waals surface area contributed by atoms with Crippen LogP contribution >= 0.6 is 0 Å². The van der Waals surface area contributed by atoms with Crippen molar-refractivity contribution in [2.45, 2.75) is 33.2 Å². The standard InChI is InChI=1S/C11H15NO2/c1-8-3-4-9(2)12(8)7-11(5-6-11)10(13)14/h3-4H,5-7H2,1-2H3,(H,13,14). The molecule has 0 aromatic carbocycles. The van der Waals surface area contributed by atoms with E-state index < -0.39 is 11.4 Å². The van der Waals surface area contributed by atoms with E-state index in [9.17, 15) is 4.79 Å². The molecule has 1 aromatic heterocycles. The number of nitrogens with zero attached hydrogens (tertiary/aromatic N) is 1. The summed E-state index contributed by atoms with van der Waals surface area (Å²) < 4.78 is 2.10. The van der Waals surface area contributed by atoms with Gasteiger partial charge in [-0.3, -0.25) is 4.79 Å². The monoisotopic (exact) mass is 193 g/mol. The summed E-state index contributed by atoms with van der Waals surface area (Å²) in [5.41, 5.74) is 1.83. The van der Waals surface area contributed by atoms with Crippen LogP contribution in [0.15, 0.2) is 12.1 Å². The van der Waals surface area contributed by atoms with Crippen LogP contribution in [0.2, 0.25) is 0 Å². The summed E-state index contributed by atoms with van der Waals surface area (Å²) in [7, 11) is 0. The van der Waals surface area contributed by atoms with E-state index in [1.807, 2.05) is 26.0 Å². The lowest BCUT2D eigenvalue weighted by Crippen LogP contribution is -2.22. The molecule has 2 rings (SSSR count). The molecule has 0 radical (unpaired) electrons. The quantitative estimate of drug-likeness (QED) is 0.797. The largest absolute Gasteiger partial charge is 0.481 e. The number of aromatic nitrogens is 1. The molecule has 3 heteroatoms. The third kappa shape index (κ3) is 1.33. The lowest BCUT2D eigenvalue weighted by Gasteiger charge is -2.14. The number of carbonyl (C=O) groups is 1. The fourth-order valence-electron chi connectivity index (χ4n) is 1.84. The summed E-state index contributed by atoms with van der Waals surface area (Å²) in [5, 5.41) is 9.07. The Kier molecular flexibility index (Phi) is 1.91. The van der Waals surface area contributed by atoms with Crippen LogP contribution in [0.5, 0.6) is 0 Å². The van der Waals surface area contributed by atoms with Crippen molar-refractivity contribution in [3.8, 4) is 0 Å². The topological polar surface area (TPSA) is 42.2 Å². The molecule has 0 saturated heterocycles. The highest BCUT2D eigenvalue weighted by Gasteiger charge is 2.50. The average molecular weight is 193 g/mol. The number of carboxylic acid groups (broad SMARTS) is 1. The van der Waals surface area contributed by atoms with Gasteiger partial charge < -0.3 is 9.67 Å². The molecule has 1 fully saturated rings. The molecule has 0 atom stereocenters. The summed E-state index contributed by atoms with van der Waals surface area (Å²) >= 11 is 0. The fourth-order valence-corrected chi connectivity index (χ4v) is 1.84. The Morgan fingerprint density at radius 2 is 1.93 bits per heavy atom. The molecule has 0 amide bonds. The fraction of sp³-hybridized carbons (Fsp3) is 0.545. The second-order valence-corrected chi connectivity index (χ2v) is 4.29. The Balaban J connectivity index is 2.23. The SMILES string of the molecule is Cc1ccc(C)n1CC1(C(=O)O)CC1. The first kappa shape index (κ1) is 9.31. The molecular weight excluding hydrogens is 178 g/mol. The van der Waals surface area contributed by atoms with Crippen LogP contribution in [-0.4, -0.2) is 15.6 Å². The minimum absolute atomic E-state index is 0.464. The number of hydrogen-bond acceptors (Lipinski definition) is 1. The molecule has 14 heavy (non-hydrogen) atoms. The Morgan fingerprint density at radius 1 is 1.43 bits per heavy atom. The van der Waals surface area contributed by atoms with Gasteiger partial charge in [-0.25, -0.2) is 0 Å². The third-order valence-electron chi connectivity index (χ3n) is 3.19. The minimum Gasteiger partial charge on any atom is -0.481 e. The predicted molar refractivity (Wildman–Crippen MR) is 53.2 cm³/mol. The molecule has 1 heterocycles. The first-order chi connectivity index (χ1) is 6.55. The van der Waals surface area contributed by atoms with Crippen LogP contribution in [0.4, 0.5) is 0 Å². The zero-order valence-electron chi connectivity index (χ0n) is 8.58. The maximum Gasteiger partial charge on any atom is 0.311 e. The highest BCUT2D eigenvalue weighted by molar-refractivity contribution is 5.77. The van der Waals surface area contributed by atoms with E-state index >= 15 is 0 Å². The molecule has 1 saturated carbocycles. The average Bonchev–Trinajstić information content (AvgIpc) is 2.84. The molecule has 3 nitrogen and oxygen atoms in total. The first-order valence-electron chi connectivity index (χ1n) is 4.91. The zero-order chi connectivity index (χ0) is 10.3. The zero-order valence-corrected chi connectivity index (χ0v) is 8.58. The van der Waals surface area contributed by atoms with Crippen LogP contribution in [0.1, 0.15) is 24.2 Å². The molecule has 76 valence electrons. The second kappa shape index (κ2) is 2.87. The Labute approximate surface area is 83.4 Å². The van der Waals surface area contributed by atoms with Gasteiger partial charge in [0.2, 0.25) is 0 Å². The lowest BCUT2D eigenvalue weighted by atomic mass is 10.1. The van der Waals surface area contributed by atoms with Crippen LogP contribution in [-0.2, 0) is 11.3 Å². The van der Waals surface area contributed by atoms with Gasteiger partial charge in [0.25, 0.3) is 0 Å². The number of hydrogen-bond donors (Lipinski definition) is 1.